The highest BCUT2D eigenvalue weighted by Crippen LogP contribution is 2.32. The highest BCUT2D eigenvalue weighted by atomic mass is 16.5. The Labute approximate surface area is 97.6 Å². The Kier molecular flexibility index (Phi) is 4.69. The third-order valence-electron chi connectivity index (χ3n) is 3.34. The lowest BCUT2D eigenvalue weighted by atomic mass is 9.72. The number of rotatable bonds is 6. The number of hydrogen-bond donors (Lipinski definition) is 0. The number of ketones is 1. The van der Waals surface area contributed by atoms with Gasteiger partial charge in [-0.25, -0.2) is 0 Å². The van der Waals surface area contributed by atoms with E-state index < -0.39 is 0 Å². The molecule has 0 aromatic heterocycles. The van der Waals surface area contributed by atoms with E-state index in [4.69, 9.17) is 4.74 Å². The molecule has 0 fully saturated rings. The van der Waals surface area contributed by atoms with Crippen LogP contribution in [0.15, 0.2) is 30.3 Å². The zero-order chi connectivity index (χ0) is 12.0. The minimum atomic E-state index is -0.378. The van der Waals surface area contributed by atoms with Crippen LogP contribution in [0.2, 0.25) is 0 Å². The highest BCUT2D eigenvalue weighted by molar-refractivity contribution is 5.91. The lowest BCUT2D eigenvalue weighted by molar-refractivity contribution is -0.128. The first-order valence-corrected chi connectivity index (χ1v) is 5.79. The van der Waals surface area contributed by atoms with Gasteiger partial charge in [0.05, 0.1) is 5.41 Å². The Morgan fingerprint density at radius 3 is 2.19 bits per heavy atom. The van der Waals surface area contributed by atoms with Gasteiger partial charge in [0.25, 0.3) is 0 Å². The van der Waals surface area contributed by atoms with Gasteiger partial charge >= 0.3 is 0 Å². The molecule has 0 bridgehead atoms. The van der Waals surface area contributed by atoms with E-state index in [2.05, 4.69) is 13.8 Å². The molecule has 2 heteroatoms. The average molecular weight is 220 g/mol. The summed E-state index contributed by atoms with van der Waals surface area (Å²) < 4.78 is 4.99. The van der Waals surface area contributed by atoms with Crippen LogP contribution in [-0.4, -0.2) is 19.5 Å². The molecule has 1 aromatic rings. The minimum absolute atomic E-state index is 0.172. The summed E-state index contributed by atoms with van der Waals surface area (Å²) in [7, 11) is 1.57. The molecule has 0 aliphatic rings. The zero-order valence-electron chi connectivity index (χ0n) is 10.3. The third-order valence-corrected chi connectivity index (χ3v) is 3.34. The summed E-state index contributed by atoms with van der Waals surface area (Å²) in [5.41, 5.74) is 0.721. The fourth-order valence-electron chi connectivity index (χ4n) is 2.24. The maximum atomic E-state index is 12.2. The van der Waals surface area contributed by atoms with Gasteiger partial charge in [0.2, 0.25) is 0 Å². The first kappa shape index (κ1) is 12.9. The molecule has 1 rings (SSSR count). The molecule has 0 heterocycles. The van der Waals surface area contributed by atoms with Gasteiger partial charge in [-0.05, 0) is 18.4 Å². The highest BCUT2D eigenvalue weighted by Gasteiger charge is 2.35. The van der Waals surface area contributed by atoms with E-state index in [1.54, 1.807) is 7.11 Å². The van der Waals surface area contributed by atoms with Crippen molar-refractivity contribution >= 4 is 5.78 Å². The van der Waals surface area contributed by atoms with Crippen molar-refractivity contribution in [3.05, 3.63) is 35.9 Å². The SMILES string of the molecule is CCC(CC)(C(=O)COC)c1ccccc1. The van der Waals surface area contributed by atoms with Gasteiger partial charge in [-0.15, -0.1) is 0 Å². The fourth-order valence-corrected chi connectivity index (χ4v) is 2.24. The summed E-state index contributed by atoms with van der Waals surface area (Å²) in [5, 5.41) is 0. The molecule has 0 saturated heterocycles. The van der Waals surface area contributed by atoms with Crippen LogP contribution < -0.4 is 0 Å². The van der Waals surface area contributed by atoms with Crippen LogP contribution in [-0.2, 0) is 14.9 Å². The molecule has 0 amide bonds. The van der Waals surface area contributed by atoms with Gasteiger partial charge in [-0.3, -0.25) is 4.79 Å². The minimum Gasteiger partial charge on any atom is -0.377 e. The van der Waals surface area contributed by atoms with Gasteiger partial charge in [-0.2, -0.15) is 0 Å². The molecule has 0 unspecified atom stereocenters. The molecular weight excluding hydrogens is 200 g/mol. The summed E-state index contributed by atoms with van der Waals surface area (Å²) >= 11 is 0. The fraction of sp³-hybridized carbons (Fsp3) is 0.500. The van der Waals surface area contributed by atoms with Crippen LogP contribution in [0.1, 0.15) is 32.3 Å². The molecule has 0 spiro atoms. The molecule has 0 aliphatic carbocycles. The van der Waals surface area contributed by atoms with Gasteiger partial charge in [0.1, 0.15) is 6.61 Å². The molecule has 2 nitrogen and oxygen atoms in total. The molecule has 16 heavy (non-hydrogen) atoms. The van der Waals surface area contributed by atoms with E-state index >= 15 is 0 Å². The van der Waals surface area contributed by atoms with Crippen molar-refractivity contribution in [1.29, 1.82) is 0 Å². The normalized spacial score (nSPS) is 11.4. The summed E-state index contributed by atoms with van der Waals surface area (Å²) in [4.78, 5) is 12.2. The van der Waals surface area contributed by atoms with Crippen molar-refractivity contribution < 1.29 is 9.53 Å². The topological polar surface area (TPSA) is 26.3 Å². The summed E-state index contributed by atoms with van der Waals surface area (Å²) in [6.45, 7) is 4.31. The van der Waals surface area contributed by atoms with E-state index in [0.29, 0.717) is 0 Å². The van der Waals surface area contributed by atoms with Crippen molar-refractivity contribution in [2.24, 2.45) is 0 Å². The van der Waals surface area contributed by atoms with Crippen LogP contribution in [0.5, 0.6) is 0 Å². The first-order valence-electron chi connectivity index (χ1n) is 5.79. The molecular formula is C14H20O2. The number of hydrogen-bond acceptors (Lipinski definition) is 2. The van der Waals surface area contributed by atoms with Crippen molar-refractivity contribution in [3.8, 4) is 0 Å². The predicted molar refractivity (Wildman–Crippen MR) is 65.6 cm³/mol. The maximum Gasteiger partial charge on any atom is 0.168 e. The largest absolute Gasteiger partial charge is 0.377 e. The number of benzene rings is 1. The molecule has 0 radical (unpaired) electrons. The van der Waals surface area contributed by atoms with Crippen LogP contribution >= 0.6 is 0 Å². The van der Waals surface area contributed by atoms with Gasteiger partial charge < -0.3 is 4.74 Å². The van der Waals surface area contributed by atoms with Gasteiger partial charge in [0.15, 0.2) is 5.78 Å². The van der Waals surface area contributed by atoms with Gasteiger partial charge in [0, 0.05) is 7.11 Å². The van der Waals surface area contributed by atoms with Crippen molar-refractivity contribution in [3.63, 3.8) is 0 Å². The Morgan fingerprint density at radius 1 is 1.19 bits per heavy atom. The monoisotopic (exact) mass is 220 g/mol. The smallest absolute Gasteiger partial charge is 0.168 e. The van der Waals surface area contributed by atoms with Gasteiger partial charge in [-0.1, -0.05) is 44.2 Å². The number of carbonyl (C=O) groups excluding carboxylic acids is 1. The number of Topliss-reactive ketones (excluding diaryl/α,β-unsaturated/α-hetero) is 1. The average Bonchev–Trinajstić information content (AvgIpc) is 2.33. The number of ether oxygens (including phenoxy) is 1. The Morgan fingerprint density at radius 2 is 1.75 bits per heavy atom. The summed E-state index contributed by atoms with van der Waals surface area (Å²) in [5.74, 6) is 0.172. The number of carbonyl (C=O) groups is 1. The number of methoxy groups -OCH3 is 1. The first-order chi connectivity index (χ1) is 7.71. The van der Waals surface area contributed by atoms with E-state index in [9.17, 15) is 4.79 Å². The molecule has 0 atom stereocenters. The van der Waals surface area contributed by atoms with E-state index in [-0.39, 0.29) is 17.8 Å². The Hall–Kier alpha value is -1.15. The molecule has 1 aromatic carbocycles. The molecule has 88 valence electrons. The van der Waals surface area contributed by atoms with E-state index in [0.717, 1.165) is 18.4 Å². The van der Waals surface area contributed by atoms with Crippen molar-refractivity contribution in [1.82, 2.24) is 0 Å². The maximum absolute atomic E-state index is 12.2. The molecule has 0 aliphatic heterocycles. The summed E-state index contributed by atoms with van der Waals surface area (Å²) in [6, 6.07) is 9.99. The lowest BCUT2D eigenvalue weighted by Crippen LogP contribution is -2.37. The van der Waals surface area contributed by atoms with Crippen molar-refractivity contribution in [2.75, 3.05) is 13.7 Å². The van der Waals surface area contributed by atoms with Crippen LogP contribution in [0, 0.1) is 0 Å². The molecule has 0 N–H and O–H groups in total. The standard InChI is InChI=1S/C14H20O2/c1-4-14(5-2,13(15)11-16-3)12-9-7-6-8-10-12/h6-10H,4-5,11H2,1-3H3. The Bertz CT molecular complexity index is 326. The third kappa shape index (κ3) is 2.33. The van der Waals surface area contributed by atoms with Crippen molar-refractivity contribution in [2.45, 2.75) is 32.1 Å². The predicted octanol–water partition coefficient (Wildman–Crippen LogP) is 2.96. The van der Waals surface area contributed by atoms with Crippen LogP contribution in [0.4, 0.5) is 0 Å². The van der Waals surface area contributed by atoms with Crippen LogP contribution in [0.3, 0.4) is 0 Å². The summed E-state index contributed by atoms with van der Waals surface area (Å²) in [6.07, 6.45) is 1.63. The lowest BCUT2D eigenvalue weighted by Gasteiger charge is -2.30. The second-order valence-electron chi connectivity index (χ2n) is 4.01. The molecule has 0 saturated carbocycles. The van der Waals surface area contributed by atoms with Crippen LogP contribution in [0.25, 0.3) is 0 Å². The van der Waals surface area contributed by atoms with E-state index in [1.807, 2.05) is 30.3 Å². The Balaban J connectivity index is 3.10. The van der Waals surface area contributed by atoms with E-state index in [1.165, 1.54) is 0 Å². The second-order valence-corrected chi connectivity index (χ2v) is 4.01. The quantitative estimate of drug-likeness (QED) is 0.736. The zero-order valence-corrected chi connectivity index (χ0v) is 10.3. The second kappa shape index (κ2) is 5.80.